The molecule has 0 saturated carbocycles. The van der Waals surface area contributed by atoms with Crippen LogP contribution < -0.4 is 4.74 Å². The molecular formula is C18H16O6S. The average Bonchev–Trinajstić information content (AvgIpc) is 2.54. The zero-order valence-electron chi connectivity index (χ0n) is 13.6. The SMILES string of the molecule is CC(=O)Oc1cc(CSc2cccc(C(=O)O)c2)cc(C(=O)O)c1C. The molecule has 0 fully saturated rings. The molecule has 0 unspecified atom stereocenters. The van der Waals surface area contributed by atoms with Crippen molar-refractivity contribution < 1.29 is 29.3 Å². The highest BCUT2D eigenvalue weighted by Crippen LogP contribution is 2.29. The number of thioether (sulfide) groups is 1. The summed E-state index contributed by atoms with van der Waals surface area (Å²) >= 11 is 1.36. The van der Waals surface area contributed by atoms with Crippen molar-refractivity contribution in [1.82, 2.24) is 0 Å². The van der Waals surface area contributed by atoms with Crippen molar-refractivity contribution in [1.29, 1.82) is 0 Å². The lowest BCUT2D eigenvalue weighted by Crippen LogP contribution is -2.08. The van der Waals surface area contributed by atoms with Gasteiger partial charge in [0.25, 0.3) is 0 Å². The second kappa shape index (κ2) is 7.85. The number of esters is 1. The molecule has 0 radical (unpaired) electrons. The van der Waals surface area contributed by atoms with Crippen LogP contribution in [0.3, 0.4) is 0 Å². The Morgan fingerprint density at radius 3 is 2.40 bits per heavy atom. The molecule has 0 aromatic heterocycles. The van der Waals surface area contributed by atoms with Crippen LogP contribution in [0.25, 0.3) is 0 Å². The van der Waals surface area contributed by atoms with E-state index in [-0.39, 0.29) is 16.9 Å². The van der Waals surface area contributed by atoms with E-state index in [4.69, 9.17) is 9.84 Å². The number of benzene rings is 2. The second-order valence-electron chi connectivity index (χ2n) is 5.29. The number of aromatic carboxylic acids is 2. The molecule has 0 aliphatic carbocycles. The summed E-state index contributed by atoms with van der Waals surface area (Å²) in [4.78, 5) is 34.4. The fraction of sp³-hybridized carbons (Fsp3) is 0.167. The fourth-order valence-corrected chi connectivity index (χ4v) is 3.08. The highest BCUT2D eigenvalue weighted by Gasteiger charge is 2.15. The molecule has 0 aliphatic heterocycles. The number of rotatable bonds is 6. The number of hydrogen-bond acceptors (Lipinski definition) is 5. The van der Waals surface area contributed by atoms with Gasteiger partial charge in [0.15, 0.2) is 0 Å². The third kappa shape index (κ3) is 4.84. The van der Waals surface area contributed by atoms with Gasteiger partial charge in [0, 0.05) is 23.1 Å². The predicted molar refractivity (Wildman–Crippen MR) is 92.4 cm³/mol. The number of carboxylic acids is 2. The Bertz CT molecular complexity index is 843. The molecule has 0 amide bonds. The van der Waals surface area contributed by atoms with Gasteiger partial charge in [-0.1, -0.05) is 6.07 Å². The molecule has 6 nitrogen and oxygen atoms in total. The van der Waals surface area contributed by atoms with Crippen molar-refractivity contribution in [2.24, 2.45) is 0 Å². The van der Waals surface area contributed by atoms with Gasteiger partial charge in [-0.05, 0) is 42.8 Å². The zero-order chi connectivity index (χ0) is 18.6. The molecule has 0 spiro atoms. The topological polar surface area (TPSA) is 101 Å². The van der Waals surface area contributed by atoms with E-state index in [1.54, 1.807) is 31.2 Å². The second-order valence-corrected chi connectivity index (χ2v) is 6.34. The molecule has 2 N–H and O–H groups in total. The molecule has 0 heterocycles. The quantitative estimate of drug-likeness (QED) is 0.461. The Kier molecular flexibility index (Phi) is 5.82. The van der Waals surface area contributed by atoms with Gasteiger partial charge in [-0.15, -0.1) is 11.8 Å². The van der Waals surface area contributed by atoms with Gasteiger partial charge in [-0.2, -0.15) is 0 Å². The van der Waals surface area contributed by atoms with Crippen LogP contribution >= 0.6 is 11.8 Å². The number of hydrogen-bond donors (Lipinski definition) is 2. The molecule has 2 rings (SSSR count). The molecule has 0 atom stereocenters. The van der Waals surface area contributed by atoms with E-state index in [9.17, 15) is 19.5 Å². The van der Waals surface area contributed by atoms with E-state index in [1.807, 2.05) is 0 Å². The van der Waals surface area contributed by atoms with E-state index in [1.165, 1.54) is 30.8 Å². The fourth-order valence-electron chi connectivity index (χ4n) is 2.20. The number of carbonyl (C=O) groups excluding carboxylic acids is 1. The molecule has 130 valence electrons. The first-order valence-corrected chi connectivity index (χ1v) is 8.28. The van der Waals surface area contributed by atoms with Crippen molar-refractivity contribution in [3.63, 3.8) is 0 Å². The van der Waals surface area contributed by atoms with E-state index >= 15 is 0 Å². The van der Waals surface area contributed by atoms with Crippen LogP contribution in [0, 0.1) is 6.92 Å². The van der Waals surface area contributed by atoms with Gasteiger partial charge < -0.3 is 14.9 Å². The Morgan fingerprint density at radius 2 is 1.80 bits per heavy atom. The van der Waals surface area contributed by atoms with Crippen molar-refractivity contribution >= 4 is 29.7 Å². The maximum Gasteiger partial charge on any atom is 0.336 e. The first-order chi connectivity index (χ1) is 11.8. The monoisotopic (exact) mass is 360 g/mol. The lowest BCUT2D eigenvalue weighted by atomic mass is 10.0. The summed E-state index contributed by atoms with van der Waals surface area (Å²) < 4.78 is 5.09. The van der Waals surface area contributed by atoms with Gasteiger partial charge >= 0.3 is 17.9 Å². The van der Waals surface area contributed by atoms with Crippen LogP contribution in [0.15, 0.2) is 41.3 Å². The summed E-state index contributed by atoms with van der Waals surface area (Å²) in [6.45, 7) is 2.83. The van der Waals surface area contributed by atoms with Crippen LogP contribution in [-0.2, 0) is 10.5 Å². The minimum absolute atomic E-state index is 0.0636. The van der Waals surface area contributed by atoms with Gasteiger partial charge in [0.1, 0.15) is 5.75 Å². The largest absolute Gasteiger partial charge is 0.478 e. The summed E-state index contributed by atoms with van der Waals surface area (Å²) in [5, 5.41) is 18.3. The zero-order valence-corrected chi connectivity index (χ0v) is 14.4. The Morgan fingerprint density at radius 1 is 1.08 bits per heavy atom. The minimum Gasteiger partial charge on any atom is -0.478 e. The number of carboxylic acid groups (broad SMARTS) is 2. The lowest BCUT2D eigenvalue weighted by Gasteiger charge is -2.12. The van der Waals surface area contributed by atoms with E-state index in [0.717, 1.165) is 4.90 Å². The molecule has 7 heteroatoms. The Labute approximate surface area is 148 Å². The molecule has 0 bridgehead atoms. The van der Waals surface area contributed by atoms with Crippen LogP contribution in [0.2, 0.25) is 0 Å². The standard InChI is InChI=1S/C18H16O6S/c1-10-15(18(22)23)6-12(7-16(10)24-11(2)19)9-25-14-5-3-4-13(8-14)17(20)21/h3-8H,9H2,1-2H3,(H,20,21)(H,22,23). The summed E-state index contributed by atoms with van der Waals surface area (Å²) in [5.41, 5.74) is 1.28. The first kappa shape index (κ1) is 18.5. The molecular weight excluding hydrogens is 344 g/mol. The van der Waals surface area contributed by atoms with Crippen molar-refractivity contribution in [3.05, 3.63) is 58.7 Å². The Balaban J connectivity index is 2.28. The van der Waals surface area contributed by atoms with Crippen LogP contribution in [-0.4, -0.2) is 28.1 Å². The summed E-state index contributed by atoms with van der Waals surface area (Å²) in [5.74, 6) is -2.04. The predicted octanol–water partition coefficient (Wildman–Crippen LogP) is 3.61. The summed E-state index contributed by atoms with van der Waals surface area (Å²) in [6.07, 6.45) is 0. The van der Waals surface area contributed by atoms with Gasteiger partial charge in [-0.3, -0.25) is 4.79 Å². The molecule has 2 aromatic rings. The van der Waals surface area contributed by atoms with Crippen molar-refractivity contribution in [2.45, 2.75) is 24.5 Å². The molecule has 0 saturated heterocycles. The van der Waals surface area contributed by atoms with E-state index in [2.05, 4.69) is 0 Å². The lowest BCUT2D eigenvalue weighted by molar-refractivity contribution is -0.131. The summed E-state index contributed by atoms with van der Waals surface area (Å²) in [7, 11) is 0. The highest BCUT2D eigenvalue weighted by atomic mass is 32.2. The highest BCUT2D eigenvalue weighted by molar-refractivity contribution is 7.98. The number of ether oxygens (including phenoxy) is 1. The van der Waals surface area contributed by atoms with Crippen LogP contribution in [0.1, 0.15) is 38.8 Å². The number of carbonyl (C=O) groups is 3. The van der Waals surface area contributed by atoms with Crippen molar-refractivity contribution in [3.8, 4) is 5.75 Å². The molecule has 25 heavy (non-hydrogen) atoms. The summed E-state index contributed by atoms with van der Waals surface area (Å²) in [6, 6.07) is 9.62. The first-order valence-electron chi connectivity index (χ1n) is 7.29. The van der Waals surface area contributed by atoms with Gasteiger partial charge in [0.05, 0.1) is 11.1 Å². The molecule has 0 aliphatic rings. The third-order valence-electron chi connectivity index (χ3n) is 3.39. The van der Waals surface area contributed by atoms with Gasteiger partial charge in [0.2, 0.25) is 0 Å². The van der Waals surface area contributed by atoms with Crippen LogP contribution in [0.5, 0.6) is 5.75 Å². The molecule has 2 aromatic carbocycles. The normalized spacial score (nSPS) is 10.3. The van der Waals surface area contributed by atoms with Crippen molar-refractivity contribution in [2.75, 3.05) is 0 Å². The van der Waals surface area contributed by atoms with E-state index in [0.29, 0.717) is 16.9 Å². The van der Waals surface area contributed by atoms with E-state index < -0.39 is 17.9 Å². The maximum atomic E-state index is 11.4. The maximum absolute atomic E-state index is 11.4. The Hall–Kier alpha value is -2.80. The minimum atomic E-state index is -1.11. The average molecular weight is 360 g/mol. The third-order valence-corrected chi connectivity index (χ3v) is 4.46. The van der Waals surface area contributed by atoms with Gasteiger partial charge in [-0.25, -0.2) is 9.59 Å². The smallest absolute Gasteiger partial charge is 0.336 e. The van der Waals surface area contributed by atoms with Crippen LogP contribution in [0.4, 0.5) is 0 Å².